The second kappa shape index (κ2) is 7.42. The zero-order valence-corrected chi connectivity index (χ0v) is 16.2. The number of hydrogen-bond acceptors (Lipinski definition) is 6. The Hall–Kier alpha value is -3.22. The van der Waals surface area contributed by atoms with E-state index >= 15 is 0 Å². The summed E-state index contributed by atoms with van der Waals surface area (Å²) in [6, 6.07) is 6.14. The van der Waals surface area contributed by atoms with Gasteiger partial charge in [-0.25, -0.2) is 9.97 Å². The average molecular weight is 378 g/mol. The number of nitrogens with zero attached hydrogens (tertiary/aromatic N) is 4. The number of rotatable bonds is 4. The van der Waals surface area contributed by atoms with E-state index in [1.807, 2.05) is 12.1 Å². The molecule has 28 heavy (non-hydrogen) atoms. The maximum absolute atomic E-state index is 12.9. The topological polar surface area (TPSA) is 79.1 Å². The second-order valence-electron chi connectivity index (χ2n) is 6.90. The first-order valence-corrected chi connectivity index (χ1v) is 9.22. The highest BCUT2D eigenvalue weighted by Crippen LogP contribution is 2.35. The fourth-order valence-electron chi connectivity index (χ4n) is 3.88. The minimum absolute atomic E-state index is 0.150. The number of fused-ring (bicyclic) bond motifs is 1. The van der Waals surface area contributed by atoms with Crippen LogP contribution >= 0.6 is 0 Å². The Bertz CT molecular complexity index is 1060. The monoisotopic (exact) mass is 378 g/mol. The lowest BCUT2D eigenvalue weighted by Crippen LogP contribution is -2.30. The molecule has 0 radical (unpaired) electrons. The summed E-state index contributed by atoms with van der Waals surface area (Å²) in [5.41, 5.74) is 4.07. The molecule has 144 valence electrons. The first-order valence-electron chi connectivity index (χ1n) is 9.22. The summed E-state index contributed by atoms with van der Waals surface area (Å²) < 4.78 is 11.8. The van der Waals surface area contributed by atoms with Gasteiger partial charge in [0.1, 0.15) is 5.75 Å². The molecule has 3 aromatic rings. The summed E-state index contributed by atoms with van der Waals surface area (Å²) >= 11 is 0. The van der Waals surface area contributed by atoms with Crippen LogP contribution in [0.5, 0.6) is 11.5 Å². The minimum Gasteiger partial charge on any atom is -0.496 e. The number of aromatic nitrogens is 4. The predicted molar refractivity (Wildman–Crippen MR) is 104 cm³/mol. The summed E-state index contributed by atoms with van der Waals surface area (Å²) in [6.07, 6.45) is 7.22. The highest BCUT2D eigenvalue weighted by atomic mass is 16.5. The highest BCUT2D eigenvalue weighted by Gasteiger charge is 2.25. The molecule has 1 unspecified atom stereocenters. The average Bonchev–Trinajstić information content (AvgIpc) is 2.74. The van der Waals surface area contributed by atoms with E-state index < -0.39 is 0 Å². The zero-order valence-electron chi connectivity index (χ0n) is 16.2. The molecule has 0 saturated heterocycles. The van der Waals surface area contributed by atoms with Gasteiger partial charge in [-0.2, -0.15) is 9.78 Å². The SMILES string of the molecule is COc1cnc(-n2ncc3c(c2=O)CCC(c2cccc(OC)c2C)C3)nc1. The third-order valence-electron chi connectivity index (χ3n) is 5.40. The van der Waals surface area contributed by atoms with Gasteiger partial charge in [-0.05, 0) is 54.9 Å². The molecule has 0 N–H and O–H groups in total. The first-order chi connectivity index (χ1) is 13.6. The van der Waals surface area contributed by atoms with Crippen molar-refractivity contribution in [1.82, 2.24) is 19.7 Å². The van der Waals surface area contributed by atoms with Crippen molar-refractivity contribution >= 4 is 0 Å². The Kier molecular flexibility index (Phi) is 4.81. The van der Waals surface area contributed by atoms with E-state index in [2.05, 4.69) is 28.1 Å². The normalized spacial score (nSPS) is 15.8. The van der Waals surface area contributed by atoms with Crippen molar-refractivity contribution in [2.75, 3.05) is 14.2 Å². The minimum atomic E-state index is -0.150. The van der Waals surface area contributed by atoms with Gasteiger partial charge >= 0.3 is 0 Å². The van der Waals surface area contributed by atoms with Crippen LogP contribution in [0.2, 0.25) is 0 Å². The molecule has 7 heteroatoms. The van der Waals surface area contributed by atoms with Crippen LogP contribution in [0.15, 0.2) is 41.6 Å². The van der Waals surface area contributed by atoms with Gasteiger partial charge in [0.05, 0.1) is 32.8 Å². The largest absolute Gasteiger partial charge is 0.496 e. The van der Waals surface area contributed by atoms with Crippen LogP contribution in [0.1, 0.15) is 34.6 Å². The van der Waals surface area contributed by atoms with E-state index in [1.54, 1.807) is 20.4 Å². The summed E-state index contributed by atoms with van der Waals surface area (Å²) in [6.45, 7) is 2.08. The molecular formula is C21H22N4O3. The molecule has 2 heterocycles. The van der Waals surface area contributed by atoms with Crippen molar-refractivity contribution in [3.8, 4) is 17.4 Å². The van der Waals surface area contributed by atoms with Crippen LogP contribution in [-0.2, 0) is 12.8 Å². The first kappa shape index (κ1) is 18.2. The Labute approximate surface area is 163 Å². The molecule has 7 nitrogen and oxygen atoms in total. The van der Waals surface area contributed by atoms with Crippen LogP contribution in [-0.4, -0.2) is 34.0 Å². The number of hydrogen-bond donors (Lipinski definition) is 0. The van der Waals surface area contributed by atoms with Crippen molar-refractivity contribution < 1.29 is 9.47 Å². The van der Waals surface area contributed by atoms with E-state index in [1.165, 1.54) is 22.6 Å². The molecule has 1 atom stereocenters. The van der Waals surface area contributed by atoms with E-state index in [0.29, 0.717) is 18.1 Å². The third-order valence-corrected chi connectivity index (χ3v) is 5.40. The van der Waals surface area contributed by atoms with Crippen LogP contribution < -0.4 is 15.0 Å². The molecule has 2 aromatic heterocycles. The molecule has 0 fully saturated rings. The summed E-state index contributed by atoms with van der Waals surface area (Å²) in [4.78, 5) is 21.3. The van der Waals surface area contributed by atoms with Crippen LogP contribution in [0, 0.1) is 6.92 Å². The van der Waals surface area contributed by atoms with Crippen LogP contribution in [0.4, 0.5) is 0 Å². The molecule has 1 aromatic carbocycles. The summed E-state index contributed by atoms with van der Waals surface area (Å²) in [5.74, 6) is 2.02. The van der Waals surface area contributed by atoms with E-state index in [9.17, 15) is 4.79 Å². The summed E-state index contributed by atoms with van der Waals surface area (Å²) in [5, 5.41) is 4.32. The van der Waals surface area contributed by atoms with E-state index in [-0.39, 0.29) is 11.5 Å². The van der Waals surface area contributed by atoms with Crippen LogP contribution in [0.25, 0.3) is 5.95 Å². The van der Waals surface area contributed by atoms with Gasteiger partial charge in [0.25, 0.3) is 11.5 Å². The summed E-state index contributed by atoms with van der Waals surface area (Å²) in [7, 11) is 3.23. The van der Waals surface area contributed by atoms with Gasteiger partial charge in [0.2, 0.25) is 0 Å². The predicted octanol–water partition coefficient (Wildman–Crippen LogP) is 2.62. The zero-order chi connectivity index (χ0) is 19.7. The van der Waals surface area contributed by atoms with Crippen molar-refractivity contribution in [1.29, 1.82) is 0 Å². The molecular weight excluding hydrogens is 356 g/mol. The van der Waals surface area contributed by atoms with E-state index in [0.717, 1.165) is 35.3 Å². The molecule has 1 aliphatic rings. The number of benzene rings is 1. The van der Waals surface area contributed by atoms with Crippen molar-refractivity contribution in [3.63, 3.8) is 0 Å². The van der Waals surface area contributed by atoms with Gasteiger partial charge < -0.3 is 9.47 Å². The molecule has 0 amide bonds. The maximum Gasteiger partial charge on any atom is 0.277 e. The van der Waals surface area contributed by atoms with Gasteiger partial charge in [-0.15, -0.1) is 0 Å². The fourth-order valence-corrected chi connectivity index (χ4v) is 3.88. The second-order valence-corrected chi connectivity index (χ2v) is 6.90. The standard InChI is InChI=1S/C21H22N4O3/c1-13-17(5-4-6-19(13)28-3)14-7-8-18-15(9-14)10-24-25(20(18)26)21-22-11-16(27-2)12-23-21/h4-6,10-12,14H,7-9H2,1-3H3. The Morgan fingerprint density at radius 2 is 1.89 bits per heavy atom. The smallest absolute Gasteiger partial charge is 0.277 e. The lowest BCUT2D eigenvalue weighted by Gasteiger charge is -2.26. The fraction of sp³-hybridized carbons (Fsp3) is 0.333. The number of ether oxygens (including phenoxy) is 2. The van der Waals surface area contributed by atoms with Gasteiger partial charge in [0, 0.05) is 5.56 Å². The third kappa shape index (κ3) is 3.13. The lowest BCUT2D eigenvalue weighted by atomic mass is 9.79. The molecule has 4 rings (SSSR count). The Morgan fingerprint density at radius 1 is 1.11 bits per heavy atom. The molecule has 0 bridgehead atoms. The van der Waals surface area contributed by atoms with Gasteiger partial charge in [-0.3, -0.25) is 4.79 Å². The van der Waals surface area contributed by atoms with Crippen molar-refractivity contribution in [2.24, 2.45) is 0 Å². The van der Waals surface area contributed by atoms with E-state index in [4.69, 9.17) is 9.47 Å². The molecule has 0 spiro atoms. The Morgan fingerprint density at radius 3 is 2.61 bits per heavy atom. The molecule has 0 saturated carbocycles. The Balaban J connectivity index is 1.66. The van der Waals surface area contributed by atoms with Gasteiger partial charge in [-0.1, -0.05) is 12.1 Å². The quantitative estimate of drug-likeness (QED) is 0.694. The van der Waals surface area contributed by atoms with Gasteiger partial charge in [0.15, 0.2) is 5.75 Å². The molecule has 0 aliphatic heterocycles. The lowest BCUT2D eigenvalue weighted by molar-refractivity contribution is 0.409. The van der Waals surface area contributed by atoms with Crippen molar-refractivity contribution in [2.45, 2.75) is 32.1 Å². The number of methoxy groups -OCH3 is 2. The van der Waals surface area contributed by atoms with Crippen LogP contribution in [0.3, 0.4) is 0 Å². The maximum atomic E-state index is 12.9. The highest BCUT2D eigenvalue weighted by molar-refractivity contribution is 5.43. The van der Waals surface area contributed by atoms with Crippen molar-refractivity contribution in [3.05, 3.63) is 69.4 Å². The molecule has 1 aliphatic carbocycles.